The van der Waals surface area contributed by atoms with Crippen LogP contribution in [0.25, 0.3) is 0 Å². The fourth-order valence-corrected chi connectivity index (χ4v) is 2.84. The van der Waals surface area contributed by atoms with Crippen LogP contribution in [0, 0.1) is 26.7 Å². The molecule has 2 rings (SSSR count). The van der Waals surface area contributed by atoms with Crippen molar-refractivity contribution in [1.82, 2.24) is 10.2 Å². The summed E-state index contributed by atoms with van der Waals surface area (Å²) in [5.74, 6) is 0.266. The van der Waals surface area contributed by atoms with Gasteiger partial charge in [-0.15, -0.1) is 0 Å². The Balaban J connectivity index is 2.16. The SMILES string of the molecule is Cc1cc(O)c(C(C)C)cc1NC(=O)[C@H](C)Cc1c(C)n[nH]c1C. The Morgan fingerprint density at radius 3 is 2.46 bits per heavy atom. The van der Waals surface area contributed by atoms with Crippen LogP contribution in [0.15, 0.2) is 12.1 Å². The Kier molecular flexibility index (Phi) is 5.32. The second-order valence-corrected chi connectivity index (χ2v) is 6.89. The summed E-state index contributed by atoms with van der Waals surface area (Å²) in [4.78, 5) is 12.6. The summed E-state index contributed by atoms with van der Waals surface area (Å²) in [5, 5.41) is 20.2. The van der Waals surface area contributed by atoms with E-state index in [0.717, 1.165) is 33.8 Å². The number of phenols is 1. The number of anilines is 1. The highest BCUT2D eigenvalue weighted by Crippen LogP contribution is 2.31. The molecular formula is C19H27N3O2. The van der Waals surface area contributed by atoms with Crippen LogP contribution in [-0.4, -0.2) is 21.2 Å². The van der Waals surface area contributed by atoms with E-state index in [0.29, 0.717) is 6.42 Å². The third-order valence-electron chi connectivity index (χ3n) is 4.49. The second-order valence-electron chi connectivity index (χ2n) is 6.89. The smallest absolute Gasteiger partial charge is 0.227 e. The third-order valence-corrected chi connectivity index (χ3v) is 4.49. The number of rotatable bonds is 5. The molecule has 0 saturated carbocycles. The van der Waals surface area contributed by atoms with Crippen molar-refractivity contribution >= 4 is 11.6 Å². The van der Waals surface area contributed by atoms with Crippen LogP contribution in [0.3, 0.4) is 0 Å². The van der Waals surface area contributed by atoms with Crippen molar-refractivity contribution < 1.29 is 9.90 Å². The lowest BCUT2D eigenvalue weighted by Gasteiger charge is -2.17. The highest BCUT2D eigenvalue weighted by molar-refractivity contribution is 5.93. The van der Waals surface area contributed by atoms with Gasteiger partial charge in [-0.2, -0.15) is 5.10 Å². The van der Waals surface area contributed by atoms with E-state index in [9.17, 15) is 9.90 Å². The van der Waals surface area contributed by atoms with Gasteiger partial charge >= 0.3 is 0 Å². The van der Waals surface area contributed by atoms with Crippen molar-refractivity contribution in [2.75, 3.05) is 5.32 Å². The molecule has 24 heavy (non-hydrogen) atoms. The van der Waals surface area contributed by atoms with Crippen molar-refractivity contribution in [3.63, 3.8) is 0 Å². The molecule has 1 aromatic heterocycles. The number of phenolic OH excluding ortho intramolecular Hbond substituents is 1. The summed E-state index contributed by atoms with van der Waals surface area (Å²) in [6, 6.07) is 3.58. The largest absolute Gasteiger partial charge is 0.508 e. The van der Waals surface area contributed by atoms with Crippen molar-refractivity contribution in [1.29, 1.82) is 0 Å². The summed E-state index contributed by atoms with van der Waals surface area (Å²) >= 11 is 0. The first-order valence-corrected chi connectivity index (χ1v) is 8.35. The molecule has 5 nitrogen and oxygen atoms in total. The third kappa shape index (κ3) is 3.78. The van der Waals surface area contributed by atoms with Gasteiger partial charge in [-0.1, -0.05) is 20.8 Å². The van der Waals surface area contributed by atoms with Gasteiger partial charge in [0.2, 0.25) is 5.91 Å². The highest BCUT2D eigenvalue weighted by Gasteiger charge is 2.19. The summed E-state index contributed by atoms with van der Waals surface area (Å²) in [6.07, 6.45) is 0.647. The Morgan fingerprint density at radius 1 is 1.25 bits per heavy atom. The number of aryl methyl sites for hydroxylation is 3. The van der Waals surface area contributed by atoms with Crippen LogP contribution in [0.1, 0.15) is 54.8 Å². The predicted octanol–water partition coefficient (Wildman–Crippen LogP) is 3.98. The summed E-state index contributed by atoms with van der Waals surface area (Å²) in [7, 11) is 0. The molecular weight excluding hydrogens is 302 g/mol. The molecule has 5 heteroatoms. The number of carbonyl (C=O) groups is 1. The molecule has 0 fully saturated rings. The number of nitrogens with one attached hydrogen (secondary N) is 2. The average Bonchev–Trinajstić information content (AvgIpc) is 2.81. The lowest BCUT2D eigenvalue weighted by molar-refractivity contribution is -0.119. The molecule has 0 aliphatic heterocycles. The number of aromatic nitrogens is 2. The summed E-state index contributed by atoms with van der Waals surface area (Å²) in [6.45, 7) is 11.8. The molecule has 1 amide bonds. The molecule has 2 aromatic rings. The Morgan fingerprint density at radius 2 is 1.92 bits per heavy atom. The van der Waals surface area contributed by atoms with Crippen LogP contribution >= 0.6 is 0 Å². The van der Waals surface area contributed by atoms with Gasteiger partial charge in [-0.3, -0.25) is 9.89 Å². The zero-order valence-corrected chi connectivity index (χ0v) is 15.3. The number of hydrogen-bond acceptors (Lipinski definition) is 3. The molecule has 0 aliphatic rings. The number of carbonyl (C=O) groups excluding carboxylic acids is 1. The van der Waals surface area contributed by atoms with Gasteiger partial charge in [0.05, 0.1) is 5.69 Å². The number of aromatic amines is 1. The molecule has 1 atom stereocenters. The molecule has 0 unspecified atom stereocenters. The molecule has 0 aliphatic carbocycles. The zero-order chi connectivity index (χ0) is 18.0. The maximum Gasteiger partial charge on any atom is 0.227 e. The fraction of sp³-hybridized carbons (Fsp3) is 0.474. The summed E-state index contributed by atoms with van der Waals surface area (Å²) < 4.78 is 0. The number of nitrogens with zero attached hydrogens (tertiary/aromatic N) is 1. The van der Waals surface area contributed by atoms with Gasteiger partial charge in [0, 0.05) is 17.3 Å². The van der Waals surface area contributed by atoms with Gasteiger partial charge in [0.25, 0.3) is 0 Å². The zero-order valence-electron chi connectivity index (χ0n) is 15.3. The highest BCUT2D eigenvalue weighted by atomic mass is 16.3. The molecule has 1 aromatic carbocycles. The van der Waals surface area contributed by atoms with E-state index < -0.39 is 0 Å². The molecule has 130 valence electrons. The van der Waals surface area contributed by atoms with Crippen LogP contribution in [0.5, 0.6) is 5.75 Å². The molecule has 1 heterocycles. The Hall–Kier alpha value is -2.30. The van der Waals surface area contributed by atoms with Gasteiger partial charge in [-0.25, -0.2) is 0 Å². The van der Waals surface area contributed by atoms with E-state index in [1.165, 1.54) is 0 Å². The van der Waals surface area contributed by atoms with E-state index in [1.54, 1.807) is 6.07 Å². The van der Waals surface area contributed by atoms with Gasteiger partial charge in [-0.05, 0) is 61.9 Å². The molecule has 0 radical (unpaired) electrons. The predicted molar refractivity (Wildman–Crippen MR) is 96.5 cm³/mol. The Bertz CT molecular complexity index is 728. The first-order valence-electron chi connectivity index (χ1n) is 8.35. The minimum absolute atomic E-state index is 0.0292. The summed E-state index contributed by atoms with van der Waals surface area (Å²) in [5.41, 5.74) is 5.50. The monoisotopic (exact) mass is 329 g/mol. The van der Waals surface area contributed by atoms with E-state index in [1.807, 2.05) is 47.6 Å². The minimum Gasteiger partial charge on any atom is -0.508 e. The lowest BCUT2D eigenvalue weighted by atomic mass is 9.97. The van der Waals surface area contributed by atoms with Gasteiger partial charge < -0.3 is 10.4 Å². The van der Waals surface area contributed by atoms with Crippen LogP contribution in [0.2, 0.25) is 0 Å². The van der Waals surface area contributed by atoms with E-state index in [-0.39, 0.29) is 23.5 Å². The topological polar surface area (TPSA) is 78.0 Å². The number of H-pyrrole nitrogens is 1. The standard InChI is InChI=1S/C19H27N3O2/c1-10(2)15-9-17(11(3)8-18(15)23)20-19(24)12(4)7-16-13(5)21-22-14(16)6/h8-10,12,23H,7H2,1-6H3,(H,20,24)(H,21,22)/t12-/m1/s1. The maximum atomic E-state index is 12.6. The van der Waals surface area contributed by atoms with Crippen LogP contribution in [0.4, 0.5) is 5.69 Å². The van der Waals surface area contributed by atoms with Crippen molar-refractivity contribution in [3.05, 3.63) is 40.2 Å². The lowest BCUT2D eigenvalue weighted by Crippen LogP contribution is -2.23. The van der Waals surface area contributed by atoms with E-state index in [2.05, 4.69) is 15.5 Å². The van der Waals surface area contributed by atoms with Crippen molar-refractivity contribution in [2.45, 2.75) is 53.9 Å². The number of aromatic hydroxyl groups is 1. The quantitative estimate of drug-likeness (QED) is 0.726. The van der Waals surface area contributed by atoms with Gasteiger partial charge in [0.15, 0.2) is 0 Å². The van der Waals surface area contributed by atoms with Crippen molar-refractivity contribution in [3.8, 4) is 5.75 Å². The van der Waals surface area contributed by atoms with Crippen molar-refractivity contribution in [2.24, 2.45) is 5.92 Å². The average molecular weight is 329 g/mol. The van der Waals surface area contributed by atoms with E-state index >= 15 is 0 Å². The van der Waals surface area contributed by atoms with Crippen LogP contribution < -0.4 is 5.32 Å². The maximum absolute atomic E-state index is 12.6. The van der Waals surface area contributed by atoms with E-state index in [4.69, 9.17) is 0 Å². The van der Waals surface area contributed by atoms with Gasteiger partial charge in [0.1, 0.15) is 5.75 Å². The second kappa shape index (κ2) is 7.07. The first kappa shape index (κ1) is 18.0. The van der Waals surface area contributed by atoms with Crippen LogP contribution in [-0.2, 0) is 11.2 Å². The molecule has 0 bridgehead atoms. The number of hydrogen-bond donors (Lipinski definition) is 3. The first-order chi connectivity index (χ1) is 11.2. The molecule has 3 N–H and O–H groups in total. The Labute approximate surface area is 143 Å². The normalized spacial score (nSPS) is 12.5. The minimum atomic E-state index is -0.171. The fourth-order valence-electron chi connectivity index (χ4n) is 2.84. The molecule has 0 spiro atoms. The molecule has 0 saturated heterocycles. The number of benzene rings is 1. The number of amides is 1.